The Labute approximate surface area is 153 Å². The van der Waals surface area contributed by atoms with Gasteiger partial charge in [0.15, 0.2) is 5.82 Å². The van der Waals surface area contributed by atoms with Crippen molar-refractivity contribution in [1.82, 2.24) is 25.2 Å². The molecule has 1 saturated carbocycles. The first-order valence-electron chi connectivity index (χ1n) is 9.29. The van der Waals surface area contributed by atoms with E-state index in [1.807, 2.05) is 12.1 Å². The van der Waals surface area contributed by atoms with E-state index in [2.05, 4.69) is 30.5 Å². The number of aromatic nitrogens is 3. The van der Waals surface area contributed by atoms with E-state index in [1.54, 1.807) is 13.3 Å². The topological polar surface area (TPSA) is 101 Å². The van der Waals surface area contributed by atoms with E-state index < -0.39 is 0 Å². The number of methoxy groups -OCH3 is 1. The van der Waals surface area contributed by atoms with Crippen LogP contribution in [0.3, 0.4) is 0 Å². The summed E-state index contributed by atoms with van der Waals surface area (Å²) in [6.07, 6.45) is 3.98. The molecule has 8 nitrogen and oxygen atoms in total. The molecule has 0 spiro atoms. The first-order chi connectivity index (χ1) is 12.7. The summed E-state index contributed by atoms with van der Waals surface area (Å²) >= 11 is 0. The Morgan fingerprint density at radius 1 is 1.38 bits per heavy atom. The van der Waals surface area contributed by atoms with Crippen molar-refractivity contribution < 1.29 is 4.74 Å². The molecule has 2 aromatic rings. The number of hydrogen-bond acceptors (Lipinski definition) is 8. The van der Waals surface area contributed by atoms with Crippen molar-refractivity contribution >= 4 is 22.8 Å². The van der Waals surface area contributed by atoms with E-state index in [1.165, 1.54) is 0 Å². The highest BCUT2D eigenvalue weighted by Crippen LogP contribution is 2.48. The maximum absolute atomic E-state index is 5.89. The molecule has 140 valence electrons. The van der Waals surface area contributed by atoms with Crippen LogP contribution in [-0.2, 0) is 4.74 Å². The summed E-state index contributed by atoms with van der Waals surface area (Å²) in [6, 6.07) is 3.76. The number of pyridine rings is 1. The third-order valence-electron chi connectivity index (χ3n) is 5.48. The van der Waals surface area contributed by atoms with E-state index in [9.17, 15) is 0 Å². The number of ether oxygens (including phenoxy) is 1. The Morgan fingerprint density at radius 3 is 3.04 bits per heavy atom. The van der Waals surface area contributed by atoms with E-state index in [0.717, 1.165) is 56.6 Å². The van der Waals surface area contributed by atoms with Gasteiger partial charge >= 0.3 is 0 Å². The second-order valence-electron chi connectivity index (χ2n) is 7.30. The normalized spacial score (nSPS) is 26.1. The molecule has 0 aromatic carbocycles. The Balaban J connectivity index is 1.48. The third-order valence-corrected chi connectivity index (χ3v) is 5.48. The Bertz CT molecular complexity index is 764. The number of nitrogens with zero attached hydrogens (tertiary/aromatic N) is 4. The summed E-state index contributed by atoms with van der Waals surface area (Å²) in [5.41, 5.74) is 7.32. The van der Waals surface area contributed by atoms with Crippen molar-refractivity contribution in [3.05, 3.63) is 18.3 Å². The molecule has 0 unspecified atom stereocenters. The van der Waals surface area contributed by atoms with Gasteiger partial charge < -0.3 is 26.0 Å². The molecule has 1 saturated heterocycles. The number of hydrogen-bond donors (Lipinski definition) is 3. The predicted octanol–water partition coefficient (Wildman–Crippen LogP) is 0.719. The number of piperazine rings is 1. The van der Waals surface area contributed by atoms with Gasteiger partial charge in [-0.1, -0.05) is 0 Å². The lowest BCUT2D eigenvalue weighted by atomic mass is 10.1. The van der Waals surface area contributed by atoms with Gasteiger partial charge in [0.2, 0.25) is 5.95 Å². The Hall–Kier alpha value is -2.03. The van der Waals surface area contributed by atoms with Crippen molar-refractivity contribution in [2.75, 3.05) is 57.5 Å². The second kappa shape index (κ2) is 7.30. The number of fused-ring (bicyclic) bond motifs is 1. The van der Waals surface area contributed by atoms with Gasteiger partial charge in [-0.3, -0.25) is 4.98 Å². The smallest absolute Gasteiger partial charge is 0.222 e. The largest absolute Gasteiger partial charge is 0.382 e. The van der Waals surface area contributed by atoms with Gasteiger partial charge in [0, 0.05) is 39.5 Å². The SMILES string of the molecule is COC[C@@]1(Nc2nc(N)nc3cccnc23)C[C@H]1CCN1CCNCC1. The minimum absolute atomic E-state index is 0.0893. The fraction of sp³-hybridized carbons (Fsp3) is 0.611. The van der Waals surface area contributed by atoms with E-state index in [0.29, 0.717) is 18.3 Å². The fourth-order valence-corrected chi connectivity index (χ4v) is 3.96. The van der Waals surface area contributed by atoms with Crippen molar-refractivity contribution in [2.45, 2.75) is 18.4 Å². The second-order valence-corrected chi connectivity index (χ2v) is 7.30. The van der Waals surface area contributed by atoms with Gasteiger partial charge in [-0.05, 0) is 37.4 Å². The van der Waals surface area contributed by atoms with Crippen LogP contribution in [0.15, 0.2) is 18.3 Å². The van der Waals surface area contributed by atoms with E-state index in [-0.39, 0.29) is 11.5 Å². The van der Waals surface area contributed by atoms with Crippen LogP contribution < -0.4 is 16.4 Å². The molecule has 0 amide bonds. The Kier molecular flexibility index (Phi) is 4.88. The molecular formula is C18H27N7O. The first-order valence-corrected chi connectivity index (χ1v) is 9.29. The summed E-state index contributed by atoms with van der Waals surface area (Å²) in [5.74, 6) is 1.53. The van der Waals surface area contributed by atoms with E-state index in [4.69, 9.17) is 10.5 Å². The molecule has 0 radical (unpaired) electrons. The van der Waals surface area contributed by atoms with Gasteiger partial charge in [0.1, 0.15) is 5.52 Å². The van der Waals surface area contributed by atoms with Crippen LogP contribution in [0.4, 0.5) is 11.8 Å². The maximum atomic E-state index is 5.89. The highest BCUT2D eigenvalue weighted by atomic mass is 16.5. The number of anilines is 2. The number of nitrogens with two attached hydrogens (primary N) is 1. The summed E-state index contributed by atoms with van der Waals surface area (Å²) in [6.45, 7) is 6.22. The molecule has 0 bridgehead atoms. The summed E-state index contributed by atoms with van der Waals surface area (Å²) in [4.78, 5) is 15.7. The zero-order valence-corrected chi connectivity index (χ0v) is 15.2. The summed E-state index contributed by atoms with van der Waals surface area (Å²) in [5, 5.41) is 7.01. The molecule has 3 heterocycles. The van der Waals surface area contributed by atoms with Crippen molar-refractivity contribution in [3.63, 3.8) is 0 Å². The third kappa shape index (κ3) is 3.58. The molecule has 4 N–H and O–H groups in total. The van der Waals surface area contributed by atoms with Crippen molar-refractivity contribution in [2.24, 2.45) is 5.92 Å². The molecular weight excluding hydrogens is 330 g/mol. The maximum Gasteiger partial charge on any atom is 0.222 e. The molecule has 1 aliphatic carbocycles. The number of rotatable bonds is 7. The van der Waals surface area contributed by atoms with Gasteiger partial charge in [-0.25, -0.2) is 4.98 Å². The standard InChI is InChI=1S/C18H27N7O/c1-26-12-18(11-13(18)4-8-25-9-6-20-7-10-25)24-16-15-14(3-2-5-21-15)22-17(19)23-16/h2-3,5,13,20H,4,6-12H2,1H3,(H3,19,22,23,24)/t13-,18+/m1/s1. The Morgan fingerprint density at radius 2 is 2.23 bits per heavy atom. The minimum atomic E-state index is -0.0893. The van der Waals surface area contributed by atoms with Crippen LogP contribution in [-0.4, -0.2) is 71.8 Å². The zero-order chi connectivity index (χ0) is 18.0. The molecule has 2 fully saturated rings. The molecule has 4 rings (SSSR count). The highest BCUT2D eigenvalue weighted by molar-refractivity contribution is 5.86. The van der Waals surface area contributed by atoms with Crippen LogP contribution in [0, 0.1) is 5.92 Å². The highest BCUT2D eigenvalue weighted by Gasteiger charge is 2.54. The average Bonchev–Trinajstić information content (AvgIpc) is 3.33. The zero-order valence-electron chi connectivity index (χ0n) is 15.2. The molecule has 2 atom stereocenters. The van der Waals surface area contributed by atoms with Crippen molar-refractivity contribution in [3.8, 4) is 0 Å². The minimum Gasteiger partial charge on any atom is -0.382 e. The van der Waals surface area contributed by atoms with Gasteiger partial charge in [-0.2, -0.15) is 4.98 Å². The number of nitrogens with one attached hydrogen (secondary N) is 2. The molecule has 1 aliphatic heterocycles. The molecule has 8 heteroatoms. The average molecular weight is 357 g/mol. The number of nitrogen functional groups attached to an aromatic ring is 1. The molecule has 2 aromatic heterocycles. The van der Waals surface area contributed by atoms with Crippen LogP contribution in [0.5, 0.6) is 0 Å². The van der Waals surface area contributed by atoms with Crippen LogP contribution in [0.1, 0.15) is 12.8 Å². The quantitative estimate of drug-likeness (QED) is 0.666. The lowest BCUT2D eigenvalue weighted by Crippen LogP contribution is -2.44. The lowest BCUT2D eigenvalue weighted by molar-refractivity contribution is 0.170. The van der Waals surface area contributed by atoms with Crippen LogP contribution in [0.2, 0.25) is 0 Å². The van der Waals surface area contributed by atoms with Gasteiger partial charge in [-0.15, -0.1) is 0 Å². The molecule has 26 heavy (non-hydrogen) atoms. The first kappa shape index (κ1) is 17.4. The van der Waals surface area contributed by atoms with Crippen LogP contribution in [0.25, 0.3) is 11.0 Å². The fourth-order valence-electron chi connectivity index (χ4n) is 3.96. The van der Waals surface area contributed by atoms with Crippen molar-refractivity contribution in [1.29, 1.82) is 0 Å². The van der Waals surface area contributed by atoms with Gasteiger partial charge in [0.05, 0.1) is 17.7 Å². The molecule has 2 aliphatic rings. The lowest BCUT2D eigenvalue weighted by Gasteiger charge is -2.27. The van der Waals surface area contributed by atoms with Gasteiger partial charge in [0.25, 0.3) is 0 Å². The summed E-state index contributed by atoms with van der Waals surface area (Å²) < 4.78 is 5.52. The summed E-state index contributed by atoms with van der Waals surface area (Å²) in [7, 11) is 1.75. The van der Waals surface area contributed by atoms with Crippen LogP contribution >= 0.6 is 0 Å². The monoisotopic (exact) mass is 357 g/mol. The predicted molar refractivity (Wildman–Crippen MR) is 102 cm³/mol. The van der Waals surface area contributed by atoms with E-state index >= 15 is 0 Å².